The van der Waals surface area contributed by atoms with Crippen molar-refractivity contribution in [2.75, 3.05) is 6.79 Å². The number of benzene rings is 1. The quantitative estimate of drug-likeness (QED) is 0.477. The molecule has 0 bridgehead atoms. The Bertz CT molecular complexity index is 550. The number of ether oxygens (including phenoxy) is 2. The maximum absolute atomic E-state index is 11.3. The number of fused-ring (bicyclic) bond motifs is 1. The van der Waals surface area contributed by atoms with E-state index < -0.39 is 0 Å². The molecule has 0 fully saturated rings. The number of carbonyl (C=O) groups is 1. The van der Waals surface area contributed by atoms with Crippen LogP contribution in [0.1, 0.15) is 38.1 Å². The summed E-state index contributed by atoms with van der Waals surface area (Å²) in [5, 5.41) is 0. The van der Waals surface area contributed by atoms with Crippen LogP contribution in [-0.4, -0.2) is 34.4 Å². The van der Waals surface area contributed by atoms with E-state index in [4.69, 9.17) is 21.7 Å². The lowest BCUT2D eigenvalue weighted by molar-refractivity contribution is 0.112. The van der Waals surface area contributed by atoms with E-state index in [1.165, 1.54) is 11.8 Å². The largest absolute Gasteiger partial charge is 0.454 e. The van der Waals surface area contributed by atoms with Crippen molar-refractivity contribution in [2.24, 2.45) is 0 Å². The number of hydrogen-bond donors (Lipinski definition) is 0. The molecule has 0 N–H and O–H groups in total. The van der Waals surface area contributed by atoms with E-state index in [1.54, 1.807) is 12.1 Å². The molecule has 114 valence electrons. The number of carbonyl (C=O) groups excluding carboxylic acids is 1. The predicted octanol–water partition coefficient (Wildman–Crippen LogP) is 3.72. The molecule has 1 aromatic rings. The normalized spacial score (nSPS) is 12.9. The molecule has 6 heteroatoms. The first kappa shape index (κ1) is 16.1. The summed E-state index contributed by atoms with van der Waals surface area (Å²) in [4.78, 5) is 14.2. The first-order valence-corrected chi connectivity index (χ1v) is 8.06. The molecule has 1 aliphatic heterocycles. The molecule has 0 spiro atoms. The molecule has 0 saturated carbocycles. The van der Waals surface area contributed by atoms with Gasteiger partial charge in [-0.2, -0.15) is 0 Å². The second-order valence-corrected chi connectivity index (χ2v) is 6.94. The number of rotatable bonds is 4. The Morgan fingerprint density at radius 3 is 2.52 bits per heavy atom. The third-order valence-electron chi connectivity index (χ3n) is 3.16. The van der Waals surface area contributed by atoms with E-state index in [1.807, 2.05) is 0 Å². The van der Waals surface area contributed by atoms with Crippen LogP contribution >= 0.6 is 24.0 Å². The Hall–Kier alpha value is -1.27. The van der Waals surface area contributed by atoms with Gasteiger partial charge in [-0.25, -0.2) is 0 Å². The molecule has 0 aromatic heterocycles. The molecule has 2 rings (SSSR count). The minimum Gasteiger partial charge on any atom is -0.454 e. The van der Waals surface area contributed by atoms with Gasteiger partial charge >= 0.3 is 0 Å². The Labute approximate surface area is 134 Å². The summed E-state index contributed by atoms with van der Waals surface area (Å²) >= 11 is 6.95. The first-order valence-electron chi connectivity index (χ1n) is 6.83. The fourth-order valence-corrected chi connectivity index (χ4v) is 4.18. The van der Waals surface area contributed by atoms with Crippen molar-refractivity contribution in [3.8, 4) is 11.5 Å². The van der Waals surface area contributed by atoms with Crippen molar-refractivity contribution in [2.45, 2.75) is 44.7 Å². The molecule has 0 aliphatic carbocycles. The van der Waals surface area contributed by atoms with E-state index in [-0.39, 0.29) is 6.79 Å². The third-order valence-corrected chi connectivity index (χ3v) is 4.64. The van der Waals surface area contributed by atoms with Crippen LogP contribution in [-0.2, 0) is 0 Å². The highest BCUT2D eigenvalue weighted by atomic mass is 32.2. The SMILES string of the molecule is CC(C)N(C(=S)Sc1c(C=O)ccc2c1OCO2)C(C)C. The zero-order valence-corrected chi connectivity index (χ0v) is 14.2. The average molecular weight is 325 g/mol. The molecule has 1 aromatic carbocycles. The Balaban J connectivity index is 2.33. The molecule has 0 saturated heterocycles. The lowest BCUT2D eigenvalue weighted by atomic mass is 10.2. The Morgan fingerprint density at radius 2 is 1.95 bits per heavy atom. The fourth-order valence-electron chi connectivity index (χ4n) is 2.32. The third kappa shape index (κ3) is 3.32. The van der Waals surface area contributed by atoms with Crippen molar-refractivity contribution < 1.29 is 14.3 Å². The van der Waals surface area contributed by atoms with Gasteiger partial charge in [0.2, 0.25) is 6.79 Å². The van der Waals surface area contributed by atoms with Crippen LogP contribution in [0, 0.1) is 0 Å². The summed E-state index contributed by atoms with van der Waals surface area (Å²) in [6, 6.07) is 4.07. The van der Waals surface area contributed by atoms with Gasteiger partial charge in [0, 0.05) is 17.6 Å². The van der Waals surface area contributed by atoms with Crippen molar-refractivity contribution in [3.63, 3.8) is 0 Å². The minimum absolute atomic E-state index is 0.177. The summed E-state index contributed by atoms with van der Waals surface area (Å²) < 4.78 is 11.6. The molecule has 0 unspecified atom stereocenters. The van der Waals surface area contributed by atoms with E-state index in [9.17, 15) is 4.79 Å². The summed E-state index contributed by atoms with van der Waals surface area (Å²) in [5.74, 6) is 1.27. The van der Waals surface area contributed by atoms with Crippen LogP contribution in [0.4, 0.5) is 0 Å². The van der Waals surface area contributed by atoms with Gasteiger partial charge in [-0.05, 0) is 39.8 Å². The van der Waals surface area contributed by atoms with Crippen LogP contribution in [0.5, 0.6) is 11.5 Å². The highest BCUT2D eigenvalue weighted by Crippen LogP contribution is 2.43. The standard InChI is InChI=1S/C15H19NO3S2/c1-9(2)16(10(3)4)15(20)21-14-11(7-17)5-6-12-13(14)19-8-18-12/h5-7,9-10H,8H2,1-4H3. The summed E-state index contributed by atoms with van der Waals surface area (Å²) in [6.07, 6.45) is 0.821. The average Bonchev–Trinajstić information content (AvgIpc) is 2.86. The molecule has 4 nitrogen and oxygen atoms in total. The number of thiocarbonyl (C=S) groups is 1. The zero-order valence-electron chi connectivity index (χ0n) is 12.6. The molecule has 1 aliphatic rings. The second kappa shape index (κ2) is 6.66. The van der Waals surface area contributed by atoms with E-state index >= 15 is 0 Å². The smallest absolute Gasteiger partial charge is 0.231 e. The van der Waals surface area contributed by atoms with E-state index in [0.29, 0.717) is 29.1 Å². The highest BCUT2D eigenvalue weighted by Gasteiger charge is 2.25. The van der Waals surface area contributed by atoms with Crippen LogP contribution in [0.2, 0.25) is 0 Å². The number of nitrogens with zero attached hydrogens (tertiary/aromatic N) is 1. The van der Waals surface area contributed by atoms with Crippen LogP contribution in [0.25, 0.3) is 0 Å². The van der Waals surface area contributed by atoms with Gasteiger partial charge in [-0.1, -0.05) is 24.0 Å². The van der Waals surface area contributed by atoms with Crippen LogP contribution in [0.15, 0.2) is 17.0 Å². The van der Waals surface area contributed by atoms with Gasteiger partial charge < -0.3 is 14.4 Å². The molecular weight excluding hydrogens is 306 g/mol. The molecule has 1 heterocycles. The molecular formula is C15H19NO3S2. The number of aldehydes is 1. The lowest BCUT2D eigenvalue weighted by Crippen LogP contribution is -2.39. The van der Waals surface area contributed by atoms with Gasteiger partial charge in [0.1, 0.15) is 4.32 Å². The number of hydrogen-bond acceptors (Lipinski definition) is 5. The van der Waals surface area contributed by atoms with Crippen molar-refractivity contribution in [3.05, 3.63) is 17.7 Å². The maximum Gasteiger partial charge on any atom is 0.231 e. The van der Waals surface area contributed by atoms with E-state index in [2.05, 4.69) is 32.6 Å². The van der Waals surface area contributed by atoms with E-state index in [0.717, 1.165) is 15.5 Å². The lowest BCUT2D eigenvalue weighted by Gasteiger charge is -2.32. The summed E-state index contributed by atoms with van der Waals surface area (Å²) in [6.45, 7) is 8.58. The molecule has 21 heavy (non-hydrogen) atoms. The van der Waals surface area contributed by atoms with Gasteiger partial charge in [-0.15, -0.1) is 0 Å². The van der Waals surface area contributed by atoms with Gasteiger partial charge in [0.25, 0.3) is 0 Å². The molecule has 0 amide bonds. The summed E-state index contributed by atoms with van der Waals surface area (Å²) in [7, 11) is 0. The first-order chi connectivity index (χ1) is 9.95. The monoisotopic (exact) mass is 325 g/mol. The van der Waals surface area contributed by atoms with Gasteiger partial charge in [-0.3, -0.25) is 4.79 Å². The van der Waals surface area contributed by atoms with Gasteiger partial charge in [0.05, 0.1) is 4.90 Å². The Morgan fingerprint density at radius 1 is 1.29 bits per heavy atom. The van der Waals surface area contributed by atoms with Crippen LogP contribution in [0.3, 0.4) is 0 Å². The predicted molar refractivity (Wildman–Crippen MR) is 88.5 cm³/mol. The van der Waals surface area contributed by atoms with Crippen molar-refractivity contribution >= 4 is 34.6 Å². The maximum atomic E-state index is 11.3. The topological polar surface area (TPSA) is 38.8 Å². The summed E-state index contributed by atoms with van der Waals surface area (Å²) in [5.41, 5.74) is 0.569. The molecule has 0 radical (unpaired) electrons. The minimum atomic E-state index is 0.177. The molecule has 0 atom stereocenters. The zero-order chi connectivity index (χ0) is 15.6. The Kier molecular flexibility index (Phi) is 5.11. The van der Waals surface area contributed by atoms with Crippen molar-refractivity contribution in [1.29, 1.82) is 0 Å². The number of thioether (sulfide) groups is 1. The van der Waals surface area contributed by atoms with Gasteiger partial charge in [0.15, 0.2) is 17.8 Å². The second-order valence-electron chi connectivity index (χ2n) is 5.30. The fraction of sp³-hybridized carbons (Fsp3) is 0.467. The van der Waals surface area contributed by atoms with Crippen molar-refractivity contribution in [1.82, 2.24) is 4.90 Å². The van der Waals surface area contributed by atoms with Crippen LogP contribution < -0.4 is 9.47 Å². The highest BCUT2D eigenvalue weighted by molar-refractivity contribution is 8.23.